The maximum absolute atomic E-state index is 13.1. The highest BCUT2D eigenvalue weighted by molar-refractivity contribution is 5.15. The minimum atomic E-state index is -4.12. The van der Waals surface area contributed by atoms with Crippen LogP contribution in [0.1, 0.15) is 112 Å². The molecule has 1 N–H and O–H groups in total. The molecule has 34 heavy (non-hydrogen) atoms. The minimum absolute atomic E-state index is 0.0823. The maximum Gasteiger partial charge on any atom is 0.391 e. The van der Waals surface area contributed by atoms with E-state index < -0.39 is 17.7 Å². The van der Waals surface area contributed by atoms with Gasteiger partial charge in [0.1, 0.15) is 0 Å². The fourth-order valence-electron chi connectivity index (χ4n) is 10.0. The second kappa shape index (κ2) is 8.92. The van der Waals surface area contributed by atoms with Crippen molar-refractivity contribution in [2.45, 2.75) is 130 Å². The van der Waals surface area contributed by atoms with Crippen molar-refractivity contribution >= 4 is 0 Å². The molecule has 0 radical (unpaired) electrons. The molecule has 0 heterocycles. The second-order valence-corrected chi connectivity index (χ2v) is 13.7. The lowest BCUT2D eigenvalue weighted by molar-refractivity contribution is -0.194. The van der Waals surface area contributed by atoms with Gasteiger partial charge in [0.05, 0.1) is 17.6 Å². The van der Waals surface area contributed by atoms with E-state index >= 15 is 0 Å². The number of aliphatic hydroxyl groups is 1. The molecule has 0 aromatic heterocycles. The van der Waals surface area contributed by atoms with Gasteiger partial charge in [-0.05, 0) is 117 Å². The lowest BCUT2D eigenvalue weighted by atomic mass is 9.38. The molecule has 4 rings (SSSR count). The van der Waals surface area contributed by atoms with E-state index in [0.29, 0.717) is 35.5 Å². The zero-order valence-corrected chi connectivity index (χ0v) is 22.4. The third-order valence-corrected chi connectivity index (χ3v) is 12.3. The number of fused-ring (bicyclic) bond motifs is 5. The van der Waals surface area contributed by atoms with Crippen LogP contribution in [-0.4, -0.2) is 30.1 Å². The normalized spacial score (nSPS) is 48.5. The first-order valence-electron chi connectivity index (χ1n) is 14.1. The Kier molecular flexibility index (Phi) is 7.02. The van der Waals surface area contributed by atoms with E-state index in [-0.39, 0.29) is 23.4 Å². The van der Waals surface area contributed by atoms with E-state index in [1.165, 1.54) is 32.6 Å². The van der Waals surface area contributed by atoms with Crippen molar-refractivity contribution in [1.29, 1.82) is 0 Å². The molecule has 4 fully saturated rings. The standard InChI is InChI=1S/C29H49F3O2/c1-7-28(33)17-16-25(3)20(18-28)12-14-27(5)23-11-9-21(26(23,4)15-13-24(25)27)22(34-6)10-8-19(2)29(30,31)32/h19-24,33H,7-18H2,1-6H3/t19-,20+,21-,22-,23-,24-,25+,26-,27+,28+/m1/s1. The quantitative estimate of drug-likeness (QED) is 0.410. The SMILES string of the molecule is CC[C@]1(O)CC[C@@]2(C)[C@@H](CC[C@]3(C)[C@@H]2CC[C@@]2(C)[C@H]3CC[C@@H]2[C@@H](CC[C@@H](C)C(F)(F)F)OC)C1. The van der Waals surface area contributed by atoms with Crippen molar-refractivity contribution in [3.63, 3.8) is 0 Å². The smallest absolute Gasteiger partial charge is 0.390 e. The lowest BCUT2D eigenvalue weighted by Gasteiger charge is -2.66. The molecule has 0 bridgehead atoms. The largest absolute Gasteiger partial charge is 0.391 e. The van der Waals surface area contributed by atoms with Crippen molar-refractivity contribution < 1.29 is 23.0 Å². The van der Waals surface area contributed by atoms with Gasteiger partial charge in [-0.15, -0.1) is 0 Å². The van der Waals surface area contributed by atoms with Gasteiger partial charge in [0, 0.05) is 7.11 Å². The van der Waals surface area contributed by atoms with Gasteiger partial charge < -0.3 is 9.84 Å². The molecule has 0 spiro atoms. The van der Waals surface area contributed by atoms with Crippen LogP contribution in [0.25, 0.3) is 0 Å². The van der Waals surface area contributed by atoms with Crippen molar-refractivity contribution in [1.82, 2.24) is 0 Å². The van der Waals surface area contributed by atoms with Crippen LogP contribution in [0.3, 0.4) is 0 Å². The summed E-state index contributed by atoms with van der Waals surface area (Å²) in [6.45, 7) is 11.0. The summed E-state index contributed by atoms with van der Waals surface area (Å²) in [5, 5.41) is 11.1. The summed E-state index contributed by atoms with van der Waals surface area (Å²) in [5.74, 6) is 0.991. The molecule has 4 aliphatic rings. The lowest BCUT2D eigenvalue weighted by Crippen LogP contribution is -2.60. The average Bonchev–Trinajstić information content (AvgIpc) is 3.12. The Balaban J connectivity index is 1.53. The summed E-state index contributed by atoms with van der Waals surface area (Å²) < 4.78 is 45.4. The van der Waals surface area contributed by atoms with Gasteiger partial charge in [-0.25, -0.2) is 0 Å². The van der Waals surface area contributed by atoms with Crippen molar-refractivity contribution in [2.75, 3.05) is 7.11 Å². The number of methoxy groups -OCH3 is 1. The monoisotopic (exact) mass is 486 g/mol. The number of ether oxygens (including phenoxy) is 1. The zero-order chi connectivity index (χ0) is 25.2. The molecule has 4 saturated carbocycles. The van der Waals surface area contributed by atoms with Gasteiger partial charge in [-0.1, -0.05) is 34.6 Å². The number of alkyl halides is 3. The van der Waals surface area contributed by atoms with Gasteiger partial charge in [0.2, 0.25) is 0 Å². The molecule has 2 nitrogen and oxygen atoms in total. The fraction of sp³-hybridized carbons (Fsp3) is 1.00. The van der Waals surface area contributed by atoms with Crippen LogP contribution >= 0.6 is 0 Å². The first-order chi connectivity index (χ1) is 15.7. The van der Waals surface area contributed by atoms with Gasteiger partial charge in [0.15, 0.2) is 0 Å². The highest BCUT2D eigenvalue weighted by atomic mass is 19.4. The minimum Gasteiger partial charge on any atom is -0.390 e. The Morgan fingerprint density at radius 3 is 2.15 bits per heavy atom. The maximum atomic E-state index is 13.1. The number of rotatable bonds is 6. The molecule has 10 atom stereocenters. The molecule has 0 amide bonds. The summed E-state index contributed by atoms with van der Waals surface area (Å²) in [7, 11) is 1.70. The zero-order valence-electron chi connectivity index (χ0n) is 22.4. The number of halogens is 3. The van der Waals surface area contributed by atoms with E-state index in [9.17, 15) is 18.3 Å². The molecular formula is C29H49F3O2. The van der Waals surface area contributed by atoms with E-state index in [1.54, 1.807) is 7.11 Å². The Labute approximate surface area is 205 Å². The van der Waals surface area contributed by atoms with Crippen LogP contribution in [0.5, 0.6) is 0 Å². The van der Waals surface area contributed by atoms with Gasteiger partial charge in [-0.3, -0.25) is 0 Å². The Morgan fingerprint density at radius 2 is 1.53 bits per heavy atom. The highest BCUT2D eigenvalue weighted by Gasteiger charge is 2.66. The number of hydrogen-bond acceptors (Lipinski definition) is 2. The van der Waals surface area contributed by atoms with Gasteiger partial charge in [-0.2, -0.15) is 13.2 Å². The van der Waals surface area contributed by atoms with Crippen LogP contribution in [0.2, 0.25) is 0 Å². The molecule has 0 aromatic rings. The molecule has 4 aliphatic carbocycles. The highest BCUT2D eigenvalue weighted by Crippen LogP contribution is 2.73. The Morgan fingerprint density at radius 1 is 0.882 bits per heavy atom. The number of hydrogen-bond donors (Lipinski definition) is 1. The molecule has 0 aromatic carbocycles. The van der Waals surface area contributed by atoms with Crippen LogP contribution in [-0.2, 0) is 4.74 Å². The molecule has 198 valence electrons. The summed E-state index contributed by atoms with van der Waals surface area (Å²) >= 11 is 0. The van der Waals surface area contributed by atoms with Crippen LogP contribution in [0, 0.1) is 45.8 Å². The fourth-order valence-corrected chi connectivity index (χ4v) is 10.0. The first-order valence-corrected chi connectivity index (χ1v) is 14.1. The summed E-state index contributed by atoms with van der Waals surface area (Å²) in [5.41, 5.74) is 0.261. The van der Waals surface area contributed by atoms with Crippen LogP contribution in [0.4, 0.5) is 13.2 Å². The third-order valence-electron chi connectivity index (χ3n) is 12.3. The van der Waals surface area contributed by atoms with E-state index in [0.717, 1.165) is 38.5 Å². The molecular weight excluding hydrogens is 437 g/mol. The topological polar surface area (TPSA) is 29.5 Å². The van der Waals surface area contributed by atoms with Crippen molar-refractivity contribution in [3.05, 3.63) is 0 Å². The van der Waals surface area contributed by atoms with Crippen molar-refractivity contribution in [2.24, 2.45) is 45.8 Å². The van der Waals surface area contributed by atoms with E-state index in [1.807, 2.05) is 0 Å². The van der Waals surface area contributed by atoms with Gasteiger partial charge >= 0.3 is 6.18 Å². The Hall–Kier alpha value is -0.290. The van der Waals surface area contributed by atoms with Crippen LogP contribution in [0.15, 0.2) is 0 Å². The van der Waals surface area contributed by atoms with E-state index in [4.69, 9.17) is 4.74 Å². The summed E-state index contributed by atoms with van der Waals surface area (Å²) in [6.07, 6.45) is 7.40. The van der Waals surface area contributed by atoms with Gasteiger partial charge in [0.25, 0.3) is 0 Å². The van der Waals surface area contributed by atoms with E-state index in [2.05, 4.69) is 27.7 Å². The molecule has 0 saturated heterocycles. The second-order valence-electron chi connectivity index (χ2n) is 13.7. The molecule has 5 heteroatoms. The third kappa shape index (κ3) is 4.17. The molecule has 0 unspecified atom stereocenters. The first kappa shape index (κ1) is 26.8. The van der Waals surface area contributed by atoms with Crippen molar-refractivity contribution in [3.8, 4) is 0 Å². The predicted octanol–water partition coefficient (Wildman–Crippen LogP) is 8.17. The summed E-state index contributed by atoms with van der Waals surface area (Å²) in [6, 6.07) is 0. The average molecular weight is 487 g/mol. The summed E-state index contributed by atoms with van der Waals surface area (Å²) in [4.78, 5) is 0. The molecule has 0 aliphatic heterocycles. The van der Waals surface area contributed by atoms with Crippen LogP contribution < -0.4 is 0 Å². The Bertz CT molecular complexity index is 739. The predicted molar refractivity (Wildman–Crippen MR) is 130 cm³/mol.